The summed E-state index contributed by atoms with van der Waals surface area (Å²) in [6.07, 6.45) is 0. The van der Waals surface area contributed by atoms with Gasteiger partial charge in [-0.1, -0.05) is 17.7 Å². The number of ether oxygens (including phenoxy) is 4. The third-order valence-electron chi connectivity index (χ3n) is 5.18. The van der Waals surface area contributed by atoms with Gasteiger partial charge in [0.25, 0.3) is 0 Å². The van der Waals surface area contributed by atoms with Crippen LogP contribution in [0.3, 0.4) is 0 Å². The van der Waals surface area contributed by atoms with Crippen molar-refractivity contribution in [1.82, 2.24) is 0 Å². The predicted octanol–water partition coefficient (Wildman–Crippen LogP) is 5.93. The topological polar surface area (TPSA) is 69.2 Å². The second kappa shape index (κ2) is 11.7. The zero-order valence-electron chi connectivity index (χ0n) is 19.4. The Bertz CT molecular complexity index is 1090. The Kier molecular flexibility index (Phi) is 8.69. The molecule has 0 saturated heterocycles. The molecule has 6 nitrogen and oxygen atoms in total. The Morgan fingerprint density at radius 1 is 0.818 bits per heavy atom. The summed E-state index contributed by atoms with van der Waals surface area (Å²) in [6, 6.07) is 15.2. The molecule has 0 amide bonds. The van der Waals surface area contributed by atoms with Crippen LogP contribution in [0.25, 0.3) is 11.1 Å². The smallest absolute Gasteiger partial charge is 0.169 e. The zero-order valence-corrected chi connectivity index (χ0v) is 20.2. The second-order valence-corrected chi connectivity index (χ2v) is 7.61. The lowest BCUT2D eigenvalue weighted by atomic mass is 9.99. The van der Waals surface area contributed by atoms with Crippen LogP contribution in [0.5, 0.6) is 23.0 Å². The largest absolute Gasteiger partial charge is 0.497 e. The molecule has 0 spiro atoms. The quantitative estimate of drug-likeness (QED) is 0.361. The van der Waals surface area contributed by atoms with Gasteiger partial charge in [0.2, 0.25) is 0 Å². The minimum absolute atomic E-state index is 0.145. The molecule has 0 heterocycles. The summed E-state index contributed by atoms with van der Waals surface area (Å²) in [7, 11) is 3.26. The van der Waals surface area contributed by atoms with Crippen LogP contribution in [0.15, 0.2) is 48.5 Å². The van der Waals surface area contributed by atoms with E-state index in [1.54, 1.807) is 14.2 Å². The molecule has 0 aliphatic carbocycles. The van der Waals surface area contributed by atoms with E-state index in [1.807, 2.05) is 62.4 Å². The molecule has 7 heteroatoms. The number of aliphatic hydroxyl groups is 1. The molecular formula is C26H30ClNO5. The molecule has 0 fully saturated rings. The number of benzene rings is 3. The van der Waals surface area contributed by atoms with Crippen molar-refractivity contribution < 1.29 is 24.1 Å². The van der Waals surface area contributed by atoms with Crippen LogP contribution in [0.2, 0.25) is 5.02 Å². The normalized spacial score (nSPS) is 10.6. The molecule has 2 N–H and O–H groups in total. The van der Waals surface area contributed by atoms with E-state index in [-0.39, 0.29) is 6.61 Å². The van der Waals surface area contributed by atoms with Crippen molar-refractivity contribution in [2.45, 2.75) is 27.0 Å². The van der Waals surface area contributed by atoms with E-state index in [1.165, 1.54) is 0 Å². The third kappa shape index (κ3) is 5.64. The maximum absolute atomic E-state index is 9.81. The highest BCUT2D eigenvalue weighted by atomic mass is 35.5. The van der Waals surface area contributed by atoms with Crippen LogP contribution in [-0.4, -0.2) is 32.5 Å². The first-order chi connectivity index (χ1) is 16.1. The van der Waals surface area contributed by atoms with Crippen LogP contribution >= 0.6 is 11.6 Å². The van der Waals surface area contributed by atoms with Gasteiger partial charge in [0.15, 0.2) is 11.5 Å². The number of hydrogen-bond acceptors (Lipinski definition) is 6. The number of halogens is 1. The molecule has 3 aromatic carbocycles. The standard InChI is InChI=1S/C26H30ClNO5/c1-5-32-25-18(16-29)8-11-21(26(25)33-6-2)22-13-19(27)9-12-23(22)28-15-17-7-10-20(30-3)14-24(17)31-4/h7-14,28-29H,5-6,15-16H2,1-4H3. The highest BCUT2D eigenvalue weighted by molar-refractivity contribution is 6.31. The van der Waals surface area contributed by atoms with Gasteiger partial charge in [-0.3, -0.25) is 0 Å². The average molecular weight is 472 g/mol. The number of rotatable bonds is 11. The van der Waals surface area contributed by atoms with Gasteiger partial charge < -0.3 is 29.4 Å². The van der Waals surface area contributed by atoms with E-state index in [4.69, 9.17) is 30.5 Å². The Balaban J connectivity index is 2.04. The molecule has 0 radical (unpaired) electrons. The van der Waals surface area contributed by atoms with Gasteiger partial charge in [-0.2, -0.15) is 0 Å². The van der Waals surface area contributed by atoms with E-state index in [0.717, 1.165) is 33.9 Å². The SMILES string of the molecule is CCOc1c(CO)ccc(-c2cc(Cl)ccc2NCc2ccc(OC)cc2OC)c1OCC. The van der Waals surface area contributed by atoms with E-state index in [2.05, 4.69) is 5.32 Å². The van der Waals surface area contributed by atoms with E-state index < -0.39 is 0 Å². The Morgan fingerprint density at radius 3 is 2.21 bits per heavy atom. The molecule has 33 heavy (non-hydrogen) atoms. The average Bonchev–Trinajstić information content (AvgIpc) is 2.84. The number of methoxy groups -OCH3 is 2. The first-order valence-electron chi connectivity index (χ1n) is 10.8. The lowest BCUT2D eigenvalue weighted by molar-refractivity contribution is 0.255. The molecule has 0 bridgehead atoms. The molecule has 0 aliphatic rings. The molecule has 0 saturated carbocycles. The van der Waals surface area contributed by atoms with Crippen molar-refractivity contribution in [2.75, 3.05) is 32.8 Å². The van der Waals surface area contributed by atoms with Crippen molar-refractivity contribution in [3.8, 4) is 34.1 Å². The molecule has 3 aromatic rings. The van der Waals surface area contributed by atoms with Crippen LogP contribution in [0.1, 0.15) is 25.0 Å². The number of nitrogens with one attached hydrogen (secondary N) is 1. The zero-order chi connectivity index (χ0) is 23.8. The Morgan fingerprint density at radius 2 is 1.55 bits per heavy atom. The first kappa shape index (κ1) is 24.6. The molecule has 3 rings (SSSR count). The van der Waals surface area contributed by atoms with E-state index in [9.17, 15) is 5.11 Å². The highest BCUT2D eigenvalue weighted by Gasteiger charge is 2.19. The van der Waals surface area contributed by atoms with Gasteiger partial charge in [-0.25, -0.2) is 0 Å². The Hall–Kier alpha value is -3.09. The summed E-state index contributed by atoms with van der Waals surface area (Å²) in [5, 5.41) is 13.9. The van der Waals surface area contributed by atoms with Crippen molar-refractivity contribution in [3.63, 3.8) is 0 Å². The lowest BCUT2D eigenvalue weighted by Gasteiger charge is -2.20. The van der Waals surface area contributed by atoms with E-state index in [0.29, 0.717) is 41.8 Å². The van der Waals surface area contributed by atoms with Crippen LogP contribution in [0.4, 0.5) is 5.69 Å². The van der Waals surface area contributed by atoms with E-state index >= 15 is 0 Å². The third-order valence-corrected chi connectivity index (χ3v) is 5.41. The maximum Gasteiger partial charge on any atom is 0.169 e. The summed E-state index contributed by atoms with van der Waals surface area (Å²) in [4.78, 5) is 0. The molecule has 176 valence electrons. The molecular weight excluding hydrogens is 442 g/mol. The highest BCUT2D eigenvalue weighted by Crippen LogP contribution is 2.44. The van der Waals surface area contributed by atoms with Crippen LogP contribution in [-0.2, 0) is 13.2 Å². The fourth-order valence-electron chi connectivity index (χ4n) is 3.61. The molecule has 0 atom stereocenters. The van der Waals surface area contributed by atoms with Gasteiger partial charge in [-0.05, 0) is 50.2 Å². The van der Waals surface area contributed by atoms with Crippen molar-refractivity contribution >= 4 is 17.3 Å². The minimum atomic E-state index is -0.145. The summed E-state index contributed by atoms with van der Waals surface area (Å²) >= 11 is 6.38. The minimum Gasteiger partial charge on any atom is -0.497 e. The number of hydrogen-bond donors (Lipinski definition) is 2. The van der Waals surface area contributed by atoms with Crippen molar-refractivity contribution in [3.05, 3.63) is 64.7 Å². The maximum atomic E-state index is 9.81. The summed E-state index contributed by atoms with van der Waals surface area (Å²) < 4.78 is 22.7. The number of anilines is 1. The summed E-state index contributed by atoms with van der Waals surface area (Å²) in [5.41, 5.74) is 4.21. The first-order valence-corrected chi connectivity index (χ1v) is 11.2. The fraction of sp³-hybridized carbons (Fsp3) is 0.308. The van der Waals surface area contributed by atoms with Gasteiger partial charge in [-0.15, -0.1) is 0 Å². The monoisotopic (exact) mass is 471 g/mol. The van der Waals surface area contributed by atoms with Crippen LogP contribution in [0, 0.1) is 0 Å². The van der Waals surface area contributed by atoms with Crippen LogP contribution < -0.4 is 24.3 Å². The van der Waals surface area contributed by atoms with Crippen molar-refractivity contribution in [2.24, 2.45) is 0 Å². The fourth-order valence-corrected chi connectivity index (χ4v) is 3.78. The molecule has 0 unspecified atom stereocenters. The molecule has 0 aliphatic heterocycles. The molecule has 0 aromatic heterocycles. The Labute approximate surface area is 200 Å². The predicted molar refractivity (Wildman–Crippen MR) is 132 cm³/mol. The number of aliphatic hydroxyl groups excluding tert-OH is 1. The van der Waals surface area contributed by atoms with Gasteiger partial charge in [0.05, 0.1) is 34.0 Å². The van der Waals surface area contributed by atoms with Crippen molar-refractivity contribution in [1.29, 1.82) is 0 Å². The van der Waals surface area contributed by atoms with Gasteiger partial charge in [0.1, 0.15) is 11.5 Å². The summed E-state index contributed by atoms with van der Waals surface area (Å²) in [6.45, 7) is 5.10. The summed E-state index contributed by atoms with van der Waals surface area (Å²) in [5.74, 6) is 2.59. The second-order valence-electron chi connectivity index (χ2n) is 7.18. The van der Waals surface area contributed by atoms with Gasteiger partial charge in [0, 0.05) is 45.6 Å². The van der Waals surface area contributed by atoms with Gasteiger partial charge >= 0.3 is 0 Å². The lowest BCUT2D eigenvalue weighted by Crippen LogP contribution is -2.06.